The molecule has 0 spiro atoms. The Bertz CT molecular complexity index is 544. The zero-order valence-electron chi connectivity index (χ0n) is 12.0. The summed E-state index contributed by atoms with van der Waals surface area (Å²) in [7, 11) is 0. The molecule has 0 saturated heterocycles. The summed E-state index contributed by atoms with van der Waals surface area (Å²) in [5.74, 6) is 1.000. The van der Waals surface area contributed by atoms with Crippen molar-refractivity contribution in [3.05, 3.63) is 66.2 Å². The molecular weight excluding hydrogens is 248 g/mol. The minimum Gasteiger partial charge on any atom is -0.488 e. The van der Waals surface area contributed by atoms with Crippen molar-refractivity contribution >= 4 is 5.78 Å². The van der Waals surface area contributed by atoms with Crippen LogP contribution in [0.3, 0.4) is 0 Å². The topological polar surface area (TPSA) is 26.3 Å². The Labute approximate surface area is 120 Å². The van der Waals surface area contributed by atoms with Crippen molar-refractivity contribution in [1.82, 2.24) is 0 Å². The molecule has 2 heteroatoms. The molecule has 2 aromatic rings. The molecule has 104 valence electrons. The lowest BCUT2D eigenvalue weighted by Gasteiger charge is -2.26. The van der Waals surface area contributed by atoms with Crippen molar-refractivity contribution in [3.63, 3.8) is 0 Å². The number of hydrogen-bond acceptors (Lipinski definition) is 2. The number of Topliss-reactive ketones (excluding diaryl/α,β-unsaturated/α-hetero) is 1. The zero-order chi connectivity index (χ0) is 14.4. The Kier molecular flexibility index (Phi) is 4.57. The van der Waals surface area contributed by atoms with Gasteiger partial charge in [0.05, 0.1) is 0 Å². The summed E-state index contributed by atoms with van der Waals surface area (Å²) < 4.78 is 5.94. The van der Waals surface area contributed by atoms with Crippen LogP contribution in [0.4, 0.5) is 0 Å². The molecule has 0 aliphatic carbocycles. The molecule has 0 aromatic heterocycles. The number of carbonyl (C=O) groups is 1. The van der Waals surface area contributed by atoms with Crippen molar-refractivity contribution in [3.8, 4) is 5.75 Å². The second-order valence-corrected chi connectivity index (χ2v) is 5.46. The molecule has 0 aliphatic rings. The van der Waals surface area contributed by atoms with Gasteiger partial charge in [-0.3, -0.25) is 4.79 Å². The fourth-order valence-corrected chi connectivity index (χ4v) is 2.04. The number of benzene rings is 2. The average molecular weight is 268 g/mol. The first-order chi connectivity index (χ1) is 9.57. The second-order valence-electron chi connectivity index (χ2n) is 5.46. The van der Waals surface area contributed by atoms with Gasteiger partial charge in [-0.05, 0) is 32.4 Å². The first kappa shape index (κ1) is 14.3. The highest BCUT2D eigenvalue weighted by atomic mass is 16.5. The van der Waals surface area contributed by atoms with Crippen molar-refractivity contribution in [2.75, 3.05) is 0 Å². The van der Waals surface area contributed by atoms with Crippen LogP contribution in [0.2, 0.25) is 0 Å². The molecule has 0 saturated carbocycles. The SMILES string of the molecule is CC(C)(CCC(=O)c1ccccc1)Oc1ccccc1. The van der Waals surface area contributed by atoms with E-state index in [1.807, 2.05) is 74.5 Å². The predicted molar refractivity (Wildman–Crippen MR) is 81.2 cm³/mol. The normalized spacial score (nSPS) is 11.1. The summed E-state index contributed by atoms with van der Waals surface area (Å²) >= 11 is 0. The molecule has 20 heavy (non-hydrogen) atoms. The number of ketones is 1. The van der Waals surface area contributed by atoms with E-state index in [2.05, 4.69) is 0 Å². The molecule has 0 atom stereocenters. The number of ether oxygens (including phenoxy) is 1. The van der Waals surface area contributed by atoms with E-state index in [1.165, 1.54) is 0 Å². The first-order valence-electron chi connectivity index (χ1n) is 6.89. The van der Waals surface area contributed by atoms with Gasteiger partial charge in [-0.2, -0.15) is 0 Å². The van der Waals surface area contributed by atoms with Crippen LogP contribution in [-0.2, 0) is 0 Å². The highest BCUT2D eigenvalue weighted by molar-refractivity contribution is 5.95. The third kappa shape index (κ3) is 4.23. The summed E-state index contributed by atoms with van der Waals surface area (Å²) in [6.45, 7) is 4.02. The second kappa shape index (κ2) is 6.38. The van der Waals surface area contributed by atoms with Crippen LogP contribution in [0, 0.1) is 0 Å². The lowest BCUT2D eigenvalue weighted by molar-refractivity contribution is 0.0811. The van der Waals surface area contributed by atoms with E-state index >= 15 is 0 Å². The Morgan fingerprint density at radius 1 is 0.950 bits per heavy atom. The zero-order valence-corrected chi connectivity index (χ0v) is 12.0. The lowest BCUT2D eigenvalue weighted by Crippen LogP contribution is -2.29. The van der Waals surface area contributed by atoms with E-state index in [4.69, 9.17) is 4.74 Å². The third-order valence-corrected chi connectivity index (χ3v) is 3.19. The monoisotopic (exact) mass is 268 g/mol. The van der Waals surface area contributed by atoms with Crippen molar-refractivity contribution < 1.29 is 9.53 Å². The largest absolute Gasteiger partial charge is 0.488 e. The van der Waals surface area contributed by atoms with E-state index in [-0.39, 0.29) is 11.4 Å². The van der Waals surface area contributed by atoms with Crippen LogP contribution in [0.25, 0.3) is 0 Å². The van der Waals surface area contributed by atoms with Crippen LogP contribution in [0.1, 0.15) is 37.0 Å². The molecular formula is C18H20O2. The molecule has 0 fully saturated rings. The molecule has 0 radical (unpaired) electrons. The van der Waals surface area contributed by atoms with E-state index < -0.39 is 0 Å². The maximum absolute atomic E-state index is 12.1. The smallest absolute Gasteiger partial charge is 0.163 e. The van der Waals surface area contributed by atoms with Gasteiger partial charge in [-0.25, -0.2) is 0 Å². The standard InChI is InChI=1S/C18H20O2/c1-18(2,20-16-11-7-4-8-12-16)14-13-17(19)15-9-5-3-6-10-15/h3-12H,13-14H2,1-2H3. The molecule has 0 N–H and O–H groups in total. The Morgan fingerprint density at radius 2 is 1.50 bits per heavy atom. The molecule has 0 aliphatic heterocycles. The van der Waals surface area contributed by atoms with Crippen LogP contribution >= 0.6 is 0 Å². The van der Waals surface area contributed by atoms with Gasteiger partial charge < -0.3 is 4.74 Å². The van der Waals surface area contributed by atoms with Gasteiger partial charge in [0.2, 0.25) is 0 Å². The van der Waals surface area contributed by atoms with Gasteiger partial charge in [0, 0.05) is 12.0 Å². The lowest BCUT2D eigenvalue weighted by atomic mass is 9.97. The van der Waals surface area contributed by atoms with Crippen LogP contribution < -0.4 is 4.74 Å². The van der Waals surface area contributed by atoms with Crippen molar-refractivity contribution in [2.45, 2.75) is 32.3 Å². The summed E-state index contributed by atoms with van der Waals surface area (Å²) in [5, 5.41) is 0. The van der Waals surface area contributed by atoms with Crippen molar-refractivity contribution in [2.24, 2.45) is 0 Å². The molecule has 2 aromatic carbocycles. The summed E-state index contributed by atoms with van der Waals surface area (Å²) in [6.07, 6.45) is 1.18. The maximum atomic E-state index is 12.1. The first-order valence-corrected chi connectivity index (χ1v) is 6.89. The molecule has 2 rings (SSSR count). The molecule has 0 bridgehead atoms. The van der Waals surface area contributed by atoms with Crippen molar-refractivity contribution in [1.29, 1.82) is 0 Å². The Morgan fingerprint density at radius 3 is 2.10 bits per heavy atom. The minimum absolute atomic E-state index is 0.162. The Balaban J connectivity index is 1.91. The number of carbonyl (C=O) groups excluding carboxylic acids is 1. The summed E-state index contributed by atoms with van der Waals surface area (Å²) in [5.41, 5.74) is 0.411. The van der Waals surface area contributed by atoms with Gasteiger partial charge in [-0.15, -0.1) is 0 Å². The van der Waals surface area contributed by atoms with E-state index in [0.29, 0.717) is 12.8 Å². The molecule has 0 amide bonds. The van der Waals surface area contributed by atoms with Gasteiger partial charge in [-0.1, -0.05) is 48.5 Å². The summed E-state index contributed by atoms with van der Waals surface area (Å²) in [6, 6.07) is 19.1. The van der Waals surface area contributed by atoms with E-state index in [1.54, 1.807) is 0 Å². The van der Waals surface area contributed by atoms with Gasteiger partial charge in [0.25, 0.3) is 0 Å². The fourth-order valence-electron chi connectivity index (χ4n) is 2.04. The predicted octanol–water partition coefficient (Wildman–Crippen LogP) is 4.51. The molecule has 0 heterocycles. The highest BCUT2D eigenvalue weighted by Gasteiger charge is 2.21. The number of rotatable bonds is 6. The molecule has 0 unspecified atom stereocenters. The van der Waals surface area contributed by atoms with Gasteiger partial charge in [0.15, 0.2) is 5.78 Å². The van der Waals surface area contributed by atoms with Gasteiger partial charge in [0.1, 0.15) is 11.4 Å². The van der Waals surface area contributed by atoms with E-state index in [9.17, 15) is 4.79 Å². The van der Waals surface area contributed by atoms with E-state index in [0.717, 1.165) is 11.3 Å². The highest BCUT2D eigenvalue weighted by Crippen LogP contribution is 2.22. The van der Waals surface area contributed by atoms with Crippen LogP contribution in [-0.4, -0.2) is 11.4 Å². The van der Waals surface area contributed by atoms with Crippen LogP contribution in [0.5, 0.6) is 5.75 Å². The fraction of sp³-hybridized carbons (Fsp3) is 0.278. The minimum atomic E-state index is -0.355. The summed E-state index contributed by atoms with van der Waals surface area (Å²) in [4.78, 5) is 12.1. The van der Waals surface area contributed by atoms with Crippen LogP contribution in [0.15, 0.2) is 60.7 Å². The number of para-hydroxylation sites is 1. The number of hydrogen-bond donors (Lipinski definition) is 0. The van der Waals surface area contributed by atoms with Gasteiger partial charge >= 0.3 is 0 Å². The molecule has 2 nitrogen and oxygen atoms in total. The third-order valence-electron chi connectivity index (χ3n) is 3.19. The average Bonchev–Trinajstić information content (AvgIpc) is 2.46. The quantitative estimate of drug-likeness (QED) is 0.721. The Hall–Kier alpha value is -2.09. The maximum Gasteiger partial charge on any atom is 0.163 e.